The van der Waals surface area contributed by atoms with Gasteiger partial charge in [-0.15, -0.1) is 0 Å². The monoisotopic (exact) mass is 110 g/mol. The molecule has 0 aliphatic rings. The molecule has 0 aromatic heterocycles. The SMILES string of the molecule is C=CC=N/C(N)=C\C. The molecule has 2 N–H and O–H groups in total. The fourth-order valence-electron chi connectivity index (χ4n) is 0.213. The van der Waals surface area contributed by atoms with Crippen molar-refractivity contribution in [1.82, 2.24) is 0 Å². The molecule has 2 nitrogen and oxygen atoms in total. The van der Waals surface area contributed by atoms with E-state index in [-0.39, 0.29) is 0 Å². The average molecular weight is 110 g/mol. The second-order valence-corrected chi connectivity index (χ2v) is 1.23. The van der Waals surface area contributed by atoms with Gasteiger partial charge in [-0.25, -0.2) is 4.99 Å². The first-order valence-electron chi connectivity index (χ1n) is 2.38. The summed E-state index contributed by atoms with van der Waals surface area (Å²) in [6, 6.07) is 0. The lowest BCUT2D eigenvalue weighted by molar-refractivity contribution is 1.24. The smallest absolute Gasteiger partial charge is 0.118 e. The predicted octanol–water partition coefficient (Wildman–Crippen LogP) is 1.06. The van der Waals surface area contributed by atoms with E-state index in [1.54, 1.807) is 18.4 Å². The summed E-state index contributed by atoms with van der Waals surface area (Å²) in [6.07, 6.45) is 4.85. The molecule has 0 amide bonds. The number of nitrogens with two attached hydrogens (primary N) is 1. The molecule has 0 aromatic carbocycles. The first kappa shape index (κ1) is 6.95. The normalized spacial score (nSPS) is 12.4. The van der Waals surface area contributed by atoms with Crippen molar-refractivity contribution in [3.05, 3.63) is 24.6 Å². The highest BCUT2D eigenvalue weighted by atomic mass is 14.9. The van der Waals surface area contributed by atoms with Crippen LogP contribution in [0.1, 0.15) is 6.92 Å². The number of allylic oxidation sites excluding steroid dienone is 2. The summed E-state index contributed by atoms with van der Waals surface area (Å²) in [4.78, 5) is 3.76. The van der Waals surface area contributed by atoms with Crippen molar-refractivity contribution in [3.8, 4) is 0 Å². The van der Waals surface area contributed by atoms with Gasteiger partial charge in [0.2, 0.25) is 0 Å². The maximum atomic E-state index is 5.27. The summed E-state index contributed by atoms with van der Waals surface area (Å²) >= 11 is 0. The molecule has 0 saturated heterocycles. The van der Waals surface area contributed by atoms with Crippen molar-refractivity contribution in [2.45, 2.75) is 6.92 Å². The van der Waals surface area contributed by atoms with Gasteiger partial charge in [0.1, 0.15) is 5.82 Å². The van der Waals surface area contributed by atoms with Crippen molar-refractivity contribution in [2.75, 3.05) is 0 Å². The third kappa shape index (κ3) is 3.15. The zero-order valence-corrected chi connectivity index (χ0v) is 4.96. The fraction of sp³-hybridized carbons (Fsp3) is 0.167. The van der Waals surface area contributed by atoms with Crippen molar-refractivity contribution in [1.29, 1.82) is 0 Å². The number of hydrogen-bond donors (Lipinski definition) is 1. The van der Waals surface area contributed by atoms with E-state index in [4.69, 9.17) is 5.73 Å². The van der Waals surface area contributed by atoms with Gasteiger partial charge in [0, 0.05) is 6.21 Å². The molecule has 0 aliphatic heterocycles. The van der Waals surface area contributed by atoms with Crippen LogP contribution in [0.25, 0.3) is 0 Å². The van der Waals surface area contributed by atoms with E-state index >= 15 is 0 Å². The van der Waals surface area contributed by atoms with Gasteiger partial charge in [-0.05, 0) is 13.0 Å². The Morgan fingerprint density at radius 2 is 2.38 bits per heavy atom. The summed E-state index contributed by atoms with van der Waals surface area (Å²) in [6.45, 7) is 5.26. The predicted molar refractivity (Wildman–Crippen MR) is 36.6 cm³/mol. The molecule has 0 radical (unpaired) electrons. The molecule has 44 valence electrons. The van der Waals surface area contributed by atoms with Crippen LogP contribution in [0.4, 0.5) is 0 Å². The Morgan fingerprint density at radius 3 is 2.75 bits per heavy atom. The minimum atomic E-state index is 0.518. The van der Waals surface area contributed by atoms with E-state index in [0.29, 0.717) is 5.82 Å². The van der Waals surface area contributed by atoms with Crippen LogP contribution >= 0.6 is 0 Å². The zero-order valence-electron chi connectivity index (χ0n) is 4.96. The topological polar surface area (TPSA) is 38.4 Å². The van der Waals surface area contributed by atoms with E-state index in [0.717, 1.165) is 0 Å². The Balaban J connectivity index is 3.69. The highest BCUT2D eigenvalue weighted by Gasteiger charge is 1.71. The van der Waals surface area contributed by atoms with Gasteiger partial charge in [0.15, 0.2) is 0 Å². The molecule has 8 heavy (non-hydrogen) atoms. The Kier molecular flexibility index (Phi) is 3.58. The minimum absolute atomic E-state index is 0.518. The summed E-state index contributed by atoms with van der Waals surface area (Å²) in [5.41, 5.74) is 5.27. The van der Waals surface area contributed by atoms with E-state index < -0.39 is 0 Å². The molecule has 0 saturated carbocycles. The van der Waals surface area contributed by atoms with Crippen molar-refractivity contribution < 1.29 is 0 Å². The van der Waals surface area contributed by atoms with Crippen molar-refractivity contribution in [2.24, 2.45) is 10.7 Å². The summed E-state index contributed by atoms with van der Waals surface area (Å²) < 4.78 is 0. The molecular formula is C6H10N2. The standard InChI is InChI=1S/C6H10N2/c1-3-5-8-6(7)4-2/h3-5H,1,7H2,2H3/b6-4-,8-5?. The Bertz CT molecular complexity index is 122. The maximum Gasteiger partial charge on any atom is 0.118 e. The van der Waals surface area contributed by atoms with Gasteiger partial charge in [0.05, 0.1) is 0 Å². The van der Waals surface area contributed by atoms with E-state index in [1.165, 1.54) is 0 Å². The molecule has 0 fully saturated rings. The number of aliphatic imine (C=N–C) groups is 1. The van der Waals surface area contributed by atoms with Gasteiger partial charge in [-0.1, -0.05) is 12.7 Å². The van der Waals surface area contributed by atoms with Crippen LogP contribution in [0.2, 0.25) is 0 Å². The molecule has 0 rings (SSSR count). The molecule has 0 aliphatic carbocycles. The van der Waals surface area contributed by atoms with Gasteiger partial charge >= 0.3 is 0 Å². The third-order valence-corrected chi connectivity index (χ3v) is 0.625. The number of rotatable bonds is 2. The van der Waals surface area contributed by atoms with Crippen LogP contribution in [-0.4, -0.2) is 6.21 Å². The van der Waals surface area contributed by atoms with E-state index in [2.05, 4.69) is 11.6 Å². The second-order valence-electron chi connectivity index (χ2n) is 1.23. The lowest BCUT2D eigenvalue weighted by Crippen LogP contribution is -1.90. The summed E-state index contributed by atoms with van der Waals surface area (Å²) in [7, 11) is 0. The van der Waals surface area contributed by atoms with Gasteiger partial charge < -0.3 is 5.73 Å². The van der Waals surface area contributed by atoms with Crippen LogP contribution < -0.4 is 5.73 Å². The Hall–Kier alpha value is -1.05. The quantitative estimate of drug-likeness (QED) is 0.530. The van der Waals surface area contributed by atoms with Crippen molar-refractivity contribution >= 4 is 6.21 Å². The average Bonchev–Trinajstić information content (AvgIpc) is 1.83. The van der Waals surface area contributed by atoms with Crippen LogP contribution in [0, 0.1) is 0 Å². The Morgan fingerprint density at radius 1 is 1.75 bits per heavy atom. The highest BCUT2D eigenvalue weighted by Crippen LogP contribution is 1.80. The summed E-state index contributed by atoms with van der Waals surface area (Å²) in [5, 5.41) is 0. The first-order chi connectivity index (χ1) is 3.81. The largest absolute Gasteiger partial charge is 0.384 e. The fourth-order valence-corrected chi connectivity index (χ4v) is 0.213. The van der Waals surface area contributed by atoms with Gasteiger partial charge in [0.25, 0.3) is 0 Å². The molecule has 2 heteroatoms. The van der Waals surface area contributed by atoms with Crippen LogP contribution in [0.15, 0.2) is 29.5 Å². The second kappa shape index (κ2) is 4.12. The lowest BCUT2D eigenvalue weighted by Gasteiger charge is -1.83. The molecule has 0 bridgehead atoms. The molecule has 0 heterocycles. The van der Waals surface area contributed by atoms with Gasteiger partial charge in [-0.3, -0.25) is 0 Å². The lowest BCUT2D eigenvalue weighted by atomic mass is 10.6. The molecule has 0 atom stereocenters. The third-order valence-electron chi connectivity index (χ3n) is 0.625. The van der Waals surface area contributed by atoms with Crippen LogP contribution in [0.5, 0.6) is 0 Å². The summed E-state index contributed by atoms with van der Waals surface area (Å²) in [5.74, 6) is 0.518. The van der Waals surface area contributed by atoms with E-state index in [9.17, 15) is 0 Å². The highest BCUT2D eigenvalue weighted by molar-refractivity contribution is 5.71. The van der Waals surface area contributed by atoms with Crippen LogP contribution in [0.3, 0.4) is 0 Å². The number of nitrogens with zero attached hydrogens (tertiary/aromatic N) is 1. The molecule has 0 spiro atoms. The first-order valence-corrected chi connectivity index (χ1v) is 2.38. The Labute approximate surface area is 49.4 Å². The maximum absolute atomic E-state index is 5.27. The zero-order chi connectivity index (χ0) is 6.41. The molecule has 0 aromatic rings. The minimum Gasteiger partial charge on any atom is -0.384 e. The number of hydrogen-bond acceptors (Lipinski definition) is 2. The van der Waals surface area contributed by atoms with E-state index in [1.807, 2.05) is 6.92 Å². The van der Waals surface area contributed by atoms with Crippen LogP contribution in [-0.2, 0) is 0 Å². The van der Waals surface area contributed by atoms with Crippen molar-refractivity contribution in [3.63, 3.8) is 0 Å². The van der Waals surface area contributed by atoms with Gasteiger partial charge in [-0.2, -0.15) is 0 Å². The molecule has 0 unspecified atom stereocenters. The molecular weight excluding hydrogens is 100 g/mol.